The summed E-state index contributed by atoms with van der Waals surface area (Å²) >= 11 is 0. The van der Waals surface area contributed by atoms with E-state index in [4.69, 9.17) is 18.9 Å². The summed E-state index contributed by atoms with van der Waals surface area (Å²) in [5.74, 6) is -4.77. The molecule has 0 aromatic heterocycles. The minimum Gasteiger partial charge on any atom is -0.459 e. The van der Waals surface area contributed by atoms with Crippen LogP contribution in [-0.4, -0.2) is 86.8 Å². The van der Waals surface area contributed by atoms with Crippen LogP contribution in [0, 0.1) is 28.1 Å². The molecule has 11 heteroatoms. The van der Waals surface area contributed by atoms with E-state index in [1.165, 1.54) is 6.92 Å². The first-order valence-corrected chi connectivity index (χ1v) is 10.4. The summed E-state index contributed by atoms with van der Waals surface area (Å²) in [6, 6.07) is 0. The number of carbonyl (C=O) groups is 3. The highest BCUT2D eigenvalue weighted by Crippen LogP contribution is 2.84. The van der Waals surface area contributed by atoms with Crippen molar-refractivity contribution >= 4 is 17.9 Å². The molecular formula is C20H24O11. The summed E-state index contributed by atoms with van der Waals surface area (Å²) in [6.45, 7) is 4.46. The fourth-order valence-electron chi connectivity index (χ4n) is 8.12. The average molecular weight is 440 g/mol. The molecule has 170 valence electrons. The molecular weight excluding hydrogens is 416 g/mol. The Morgan fingerprint density at radius 3 is 2.42 bits per heavy atom. The van der Waals surface area contributed by atoms with Crippen molar-refractivity contribution in [2.45, 2.75) is 69.1 Å². The second-order valence-electron chi connectivity index (χ2n) is 10.5. The predicted octanol–water partition coefficient (Wildman–Crippen LogP) is -2.40. The van der Waals surface area contributed by atoms with Crippen LogP contribution in [0.15, 0.2) is 0 Å². The molecule has 6 rings (SSSR count). The Bertz CT molecular complexity index is 947. The highest BCUT2D eigenvalue weighted by Gasteiger charge is 3.03. The van der Waals surface area contributed by atoms with Gasteiger partial charge in [-0.1, -0.05) is 13.8 Å². The van der Waals surface area contributed by atoms with Crippen molar-refractivity contribution in [3.63, 3.8) is 0 Å². The smallest absolute Gasteiger partial charge is 0.343 e. The Morgan fingerprint density at radius 2 is 1.77 bits per heavy atom. The number of carbonyl (C=O) groups excluding carboxylic acids is 3. The van der Waals surface area contributed by atoms with E-state index in [2.05, 4.69) is 0 Å². The van der Waals surface area contributed by atoms with E-state index < -0.39 is 87.9 Å². The molecule has 11 nitrogen and oxygen atoms in total. The average Bonchev–Trinajstić information content (AvgIpc) is 3.42. The third-order valence-electron chi connectivity index (χ3n) is 9.30. The number of aliphatic hydroxyl groups is 4. The van der Waals surface area contributed by atoms with Crippen LogP contribution < -0.4 is 0 Å². The maximum absolute atomic E-state index is 13.4. The minimum atomic E-state index is -2.31. The molecule has 4 heterocycles. The van der Waals surface area contributed by atoms with Gasteiger partial charge in [0.1, 0.15) is 12.2 Å². The lowest BCUT2D eigenvalue weighted by atomic mass is 9.51. The highest BCUT2D eigenvalue weighted by molar-refractivity contribution is 5.94. The van der Waals surface area contributed by atoms with E-state index in [1.807, 2.05) is 0 Å². The van der Waals surface area contributed by atoms with Crippen molar-refractivity contribution < 1.29 is 53.8 Å². The van der Waals surface area contributed by atoms with Gasteiger partial charge in [0.25, 0.3) is 0 Å². The van der Waals surface area contributed by atoms with E-state index >= 15 is 0 Å². The van der Waals surface area contributed by atoms with E-state index in [-0.39, 0.29) is 13.0 Å². The minimum absolute atomic E-state index is 0.0802. The van der Waals surface area contributed by atoms with Gasteiger partial charge in [-0.2, -0.15) is 0 Å². The van der Waals surface area contributed by atoms with Crippen LogP contribution in [0.2, 0.25) is 0 Å². The molecule has 11 atom stereocenters. The molecule has 0 radical (unpaired) electrons. The molecule has 0 aromatic carbocycles. The number of ether oxygens (including phenoxy) is 4. The number of esters is 3. The van der Waals surface area contributed by atoms with Gasteiger partial charge >= 0.3 is 17.9 Å². The zero-order valence-electron chi connectivity index (χ0n) is 17.1. The second kappa shape index (κ2) is 5.07. The zero-order chi connectivity index (χ0) is 22.5. The Hall–Kier alpha value is -1.79. The largest absolute Gasteiger partial charge is 0.459 e. The fourth-order valence-corrected chi connectivity index (χ4v) is 8.12. The van der Waals surface area contributed by atoms with Crippen LogP contribution in [0.5, 0.6) is 0 Å². The first kappa shape index (κ1) is 19.9. The molecule has 2 spiro atoms. The van der Waals surface area contributed by atoms with E-state index in [0.29, 0.717) is 0 Å². The summed E-state index contributed by atoms with van der Waals surface area (Å²) in [7, 11) is 0. The van der Waals surface area contributed by atoms with Crippen LogP contribution >= 0.6 is 0 Å². The van der Waals surface area contributed by atoms with Crippen molar-refractivity contribution in [3.05, 3.63) is 0 Å². The van der Waals surface area contributed by atoms with E-state index in [1.54, 1.807) is 13.8 Å². The highest BCUT2D eigenvalue weighted by atomic mass is 16.8. The lowest BCUT2D eigenvalue weighted by Crippen LogP contribution is -2.67. The maximum Gasteiger partial charge on any atom is 0.343 e. The molecule has 4 saturated heterocycles. The molecule has 31 heavy (non-hydrogen) atoms. The van der Waals surface area contributed by atoms with Crippen molar-refractivity contribution in [1.29, 1.82) is 0 Å². The summed E-state index contributed by atoms with van der Waals surface area (Å²) in [5.41, 5.74) is -9.08. The lowest BCUT2D eigenvalue weighted by molar-refractivity contribution is -0.240. The van der Waals surface area contributed by atoms with Gasteiger partial charge in [0, 0.05) is 6.61 Å². The normalized spacial score (nSPS) is 58.5. The predicted molar refractivity (Wildman–Crippen MR) is 93.4 cm³/mol. The Morgan fingerprint density at radius 1 is 1.10 bits per heavy atom. The topological polar surface area (TPSA) is 169 Å². The monoisotopic (exact) mass is 440 g/mol. The van der Waals surface area contributed by atoms with Gasteiger partial charge in [-0.25, -0.2) is 9.59 Å². The van der Waals surface area contributed by atoms with Gasteiger partial charge in [-0.3, -0.25) is 4.79 Å². The van der Waals surface area contributed by atoms with Gasteiger partial charge < -0.3 is 39.4 Å². The molecule has 0 bridgehead atoms. The molecule has 2 saturated carbocycles. The van der Waals surface area contributed by atoms with Crippen LogP contribution in [0.4, 0.5) is 0 Å². The number of hydrogen-bond acceptors (Lipinski definition) is 11. The number of rotatable bonds is 2. The molecule has 4 N–H and O–H groups in total. The summed E-state index contributed by atoms with van der Waals surface area (Å²) < 4.78 is 22.4. The van der Waals surface area contributed by atoms with E-state index in [0.717, 1.165) is 0 Å². The Balaban J connectivity index is 1.71. The third kappa shape index (κ3) is 1.46. The van der Waals surface area contributed by atoms with Crippen molar-refractivity contribution in [2.75, 3.05) is 6.61 Å². The van der Waals surface area contributed by atoms with Crippen molar-refractivity contribution in [3.8, 4) is 0 Å². The molecule has 6 aliphatic rings. The van der Waals surface area contributed by atoms with Crippen molar-refractivity contribution in [2.24, 2.45) is 28.1 Å². The summed E-state index contributed by atoms with van der Waals surface area (Å²) in [5, 5.41) is 44.8. The first-order valence-electron chi connectivity index (χ1n) is 10.4. The number of aliphatic hydroxyl groups excluding tert-OH is 3. The molecule has 6 fully saturated rings. The molecule has 4 aliphatic heterocycles. The van der Waals surface area contributed by atoms with Gasteiger partial charge in [0.15, 0.2) is 17.8 Å². The van der Waals surface area contributed by atoms with Gasteiger partial charge in [0.05, 0.1) is 16.7 Å². The van der Waals surface area contributed by atoms with Crippen LogP contribution in [-0.2, 0) is 33.3 Å². The fraction of sp³-hybridized carbons (Fsp3) is 0.850. The lowest BCUT2D eigenvalue weighted by Gasteiger charge is -2.48. The van der Waals surface area contributed by atoms with Crippen LogP contribution in [0.1, 0.15) is 27.2 Å². The van der Waals surface area contributed by atoms with Crippen molar-refractivity contribution in [1.82, 2.24) is 0 Å². The maximum atomic E-state index is 13.4. The standard InChI is InChI=1S/C20H24O11/c1-6-12(24)29-11-9(22)18-8-4-7(16(2,3)5-21)17(18)10(23)13(25)30-15(17)31-20(18,14(26)28-8)19(6,11)27/h6-11,15,21-23,27H,4-5H2,1-3H3/t6-,7+,8-,9+,10+,11+,15+,17+,18+,19-,20-/m1/s1. The SMILES string of the molecule is C[C@@H]1C(=O)O[C@H]2[C@H](O)[C@@]34[C@H]5C[C@@H](C(C)(C)CO)[C@]36[C@@H](OC(=O)[C@@H]6O)O[C@@]4(C(=O)O5)[C@@]12O. The number of fused-ring (bicyclic) bond motifs is 1. The molecule has 2 aliphatic carbocycles. The Labute approximate surface area is 176 Å². The zero-order valence-corrected chi connectivity index (χ0v) is 17.1. The molecule has 0 unspecified atom stereocenters. The quantitative estimate of drug-likeness (QED) is 0.267. The van der Waals surface area contributed by atoms with Gasteiger partial charge in [-0.05, 0) is 24.7 Å². The second-order valence-corrected chi connectivity index (χ2v) is 10.5. The number of hydrogen-bond donors (Lipinski definition) is 4. The van der Waals surface area contributed by atoms with Crippen LogP contribution in [0.25, 0.3) is 0 Å². The van der Waals surface area contributed by atoms with E-state index in [9.17, 15) is 34.8 Å². The third-order valence-corrected chi connectivity index (χ3v) is 9.30. The van der Waals surface area contributed by atoms with Crippen LogP contribution in [0.3, 0.4) is 0 Å². The summed E-state index contributed by atoms with van der Waals surface area (Å²) in [6.07, 6.45) is -7.53. The molecule has 0 aromatic rings. The summed E-state index contributed by atoms with van der Waals surface area (Å²) in [4.78, 5) is 38.3. The van der Waals surface area contributed by atoms with Gasteiger partial charge in [-0.15, -0.1) is 0 Å². The van der Waals surface area contributed by atoms with Gasteiger partial charge in [0.2, 0.25) is 11.9 Å². The Kier molecular flexibility index (Phi) is 3.25. The first-order chi connectivity index (χ1) is 14.4. The molecule has 0 amide bonds.